The number of hydrogen-bond acceptors (Lipinski definition) is 1. The Morgan fingerprint density at radius 2 is 1.73 bits per heavy atom. The standard InChI is InChI=1S/C13H22OSi/c1-12(14-15(2,3)4)10-11-13-8-6-5-7-9-13/h5-9,12H,10-11H2,1-4H3. The highest BCUT2D eigenvalue weighted by Gasteiger charge is 2.17. The highest BCUT2D eigenvalue weighted by Crippen LogP contribution is 2.12. The lowest BCUT2D eigenvalue weighted by Gasteiger charge is -2.23. The predicted octanol–water partition coefficient (Wildman–Crippen LogP) is 3.86. The zero-order valence-electron chi connectivity index (χ0n) is 10.3. The molecule has 1 aromatic carbocycles. The summed E-state index contributed by atoms with van der Waals surface area (Å²) in [6.45, 7) is 8.91. The molecule has 0 radical (unpaired) electrons. The van der Waals surface area contributed by atoms with E-state index in [4.69, 9.17) is 4.43 Å². The van der Waals surface area contributed by atoms with Gasteiger partial charge in [-0.3, -0.25) is 0 Å². The zero-order valence-corrected chi connectivity index (χ0v) is 11.3. The molecule has 0 amide bonds. The third-order valence-electron chi connectivity index (χ3n) is 2.24. The lowest BCUT2D eigenvalue weighted by Crippen LogP contribution is -2.30. The molecule has 0 saturated carbocycles. The lowest BCUT2D eigenvalue weighted by atomic mass is 10.1. The maximum atomic E-state index is 6.00. The smallest absolute Gasteiger partial charge is 0.184 e. The summed E-state index contributed by atoms with van der Waals surface area (Å²) in [5.74, 6) is 0. The lowest BCUT2D eigenvalue weighted by molar-refractivity contribution is 0.204. The second kappa shape index (κ2) is 5.47. The Balaban J connectivity index is 2.32. The van der Waals surface area contributed by atoms with Crippen molar-refractivity contribution >= 4 is 8.32 Å². The van der Waals surface area contributed by atoms with Crippen molar-refractivity contribution in [2.75, 3.05) is 0 Å². The maximum absolute atomic E-state index is 6.00. The van der Waals surface area contributed by atoms with Gasteiger partial charge in [0.2, 0.25) is 0 Å². The van der Waals surface area contributed by atoms with Gasteiger partial charge in [-0.25, -0.2) is 0 Å². The first-order valence-corrected chi connectivity index (χ1v) is 9.10. The average molecular weight is 222 g/mol. The maximum Gasteiger partial charge on any atom is 0.184 e. The molecule has 1 aromatic rings. The van der Waals surface area contributed by atoms with Gasteiger partial charge >= 0.3 is 0 Å². The molecule has 0 saturated heterocycles. The van der Waals surface area contributed by atoms with Crippen LogP contribution in [0.3, 0.4) is 0 Å². The van der Waals surface area contributed by atoms with Crippen molar-refractivity contribution in [3.05, 3.63) is 35.9 Å². The Labute approximate surface area is 94.6 Å². The van der Waals surface area contributed by atoms with Gasteiger partial charge in [0, 0.05) is 6.10 Å². The van der Waals surface area contributed by atoms with Crippen molar-refractivity contribution < 1.29 is 4.43 Å². The molecule has 84 valence electrons. The van der Waals surface area contributed by atoms with E-state index in [0.29, 0.717) is 6.10 Å². The molecule has 0 spiro atoms. The third kappa shape index (κ3) is 5.75. The Hall–Kier alpha value is -0.603. The molecule has 1 rings (SSSR count). The topological polar surface area (TPSA) is 9.23 Å². The quantitative estimate of drug-likeness (QED) is 0.687. The summed E-state index contributed by atoms with van der Waals surface area (Å²) in [7, 11) is -1.36. The van der Waals surface area contributed by atoms with Gasteiger partial charge in [-0.05, 0) is 45.0 Å². The molecule has 15 heavy (non-hydrogen) atoms. The highest BCUT2D eigenvalue weighted by molar-refractivity contribution is 6.69. The van der Waals surface area contributed by atoms with E-state index in [0.717, 1.165) is 12.8 Å². The minimum absolute atomic E-state index is 0.386. The second-order valence-corrected chi connectivity index (χ2v) is 9.53. The molecule has 0 aliphatic carbocycles. The molecule has 0 aliphatic heterocycles. The van der Waals surface area contributed by atoms with Crippen LogP contribution >= 0.6 is 0 Å². The normalized spacial score (nSPS) is 13.9. The van der Waals surface area contributed by atoms with E-state index in [1.807, 2.05) is 0 Å². The monoisotopic (exact) mass is 222 g/mol. The van der Waals surface area contributed by atoms with Gasteiger partial charge in [0.1, 0.15) is 0 Å². The highest BCUT2D eigenvalue weighted by atomic mass is 28.4. The molecule has 1 atom stereocenters. The van der Waals surface area contributed by atoms with Gasteiger partial charge in [0.15, 0.2) is 8.32 Å². The number of hydrogen-bond donors (Lipinski definition) is 0. The van der Waals surface area contributed by atoms with E-state index in [2.05, 4.69) is 56.9 Å². The van der Waals surface area contributed by atoms with E-state index >= 15 is 0 Å². The summed E-state index contributed by atoms with van der Waals surface area (Å²) < 4.78 is 6.00. The first kappa shape index (κ1) is 12.5. The predicted molar refractivity (Wildman–Crippen MR) is 68.7 cm³/mol. The summed E-state index contributed by atoms with van der Waals surface area (Å²) in [6, 6.07) is 10.6. The molecule has 0 N–H and O–H groups in total. The summed E-state index contributed by atoms with van der Waals surface area (Å²) >= 11 is 0. The van der Waals surface area contributed by atoms with Crippen molar-refractivity contribution in [3.8, 4) is 0 Å². The molecule has 1 nitrogen and oxygen atoms in total. The van der Waals surface area contributed by atoms with Crippen molar-refractivity contribution in [2.24, 2.45) is 0 Å². The van der Waals surface area contributed by atoms with Crippen molar-refractivity contribution in [2.45, 2.75) is 45.5 Å². The number of rotatable bonds is 5. The van der Waals surface area contributed by atoms with Gasteiger partial charge in [-0.1, -0.05) is 30.3 Å². The summed E-state index contributed by atoms with van der Waals surface area (Å²) in [5.41, 5.74) is 1.41. The van der Waals surface area contributed by atoms with Gasteiger partial charge < -0.3 is 4.43 Å². The fourth-order valence-electron chi connectivity index (χ4n) is 1.68. The average Bonchev–Trinajstić information content (AvgIpc) is 2.14. The molecule has 0 heterocycles. The van der Waals surface area contributed by atoms with Crippen LogP contribution < -0.4 is 0 Å². The summed E-state index contributed by atoms with van der Waals surface area (Å²) in [6.07, 6.45) is 2.62. The van der Waals surface area contributed by atoms with Crippen LogP contribution in [0.4, 0.5) is 0 Å². The summed E-state index contributed by atoms with van der Waals surface area (Å²) in [5, 5.41) is 0. The fourth-order valence-corrected chi connectivity index (χ4v) is 3.00. The van der Waals surface area contributed by atoms with E-state index in [-0.39, 0.29) is 0 Å². The first-order valence-electron chi connectivity index (χ1n) is 5.69. The molecule has 1 unspecified atom stereocenters. The van der Waals surface area contributed by atoms with Crippen LogP contribution in [0, 0.1) is 0 Å². The van der Waals surface area contributed by atoms with E-state index in [1.54, 1.807) is 0 Å². The second-order valence-electron chi connectivity index (χ2n) is 5.07. The van der Waals surface area contributed by atoms with Crippen LogP contribution in [-0.2, 0) is 10.8 Å². The third-order valence-corrected chi connectivity index (χ3v) is 3.35. The minimum Gasteiger partial charge on any atom is -0.415 e. The van der Waals surface area contributed by atoms with Crippen LogP contribution in [0.15, 0.2) is 30.3 Å². The molecule has 0 aliphatic rings. The molecule has 2 heteroatoms. The minimum atomic E-state index is -1.36. The van der Waals surface area contributed by atoms with Gasteiger partial charge in [-0.15, -0.1) is 0 Å². The van der Waals surface area contributed by atoms with Gasteiger partial charge in [-0.2, -0.15) is 0 Å². The largest absolute Gasteiger partial charge is 0.415 e. The Morgan fingerprint density at radius 1 is 1.13 bits per heavy atom. The molecular weight excluding hydrogens is 200 g/mol. The van der Waals surface area contributed by atoms with E-state index in [9.17, 15) is 0 Å². The van der Waals surface area contributed by atoms with E-state index in [1.165, 1.54) is 5.56 Å². The van der Waals surface area contributed by atoms with Gasteiger partial charge in [0.05, 0.1) is 0 Å². The van der Waals surface area contributed by atoms with Crippen LogP contribution in [0.2, 0.25) is 19.6 Å². The van der Waals surface area contributed by atoms with Crippen LogP contribution in [0.1, 0.15) is 18.9 Å². The molecular formula is C13H22OSi. The fraction of sp³-hybridized carbons (Fsp3) is 0.538. The molecule has 0 bridgehead atoms. The van der Waals surface area contributed by atoms with Crippen LogP contribution in [-0.4, -0.2) is 14.4 Å². The molecule has 0 aromatic heterocycles. The Kier molecular flexibility index (Phi) is 4.55. The Bertz CT molecular complexity index is 276. The van der Waals surface area contributed by atoms with Crippen LogP contribution in [0.5, 0.6) is 0 Å². The number of aryl methyl sites for hydroxylation is 1. The van der Waals surface area contributed by atoms with Crippen molar-refractivity contribution in [1.29, 1.82) is 0 Å². The van der Waals surface area contributed by atoms with Crippen molar-refractivity contribution in [1.82, 2.24) is 0 Å². The van der Waals surface area contributed by atoms with Gasteiger partial charge in [0.25, 0.3) is 0 Å². The van der Waals surface area contributed by atoms with Crippen LogP contribution in [0.25, 0.3) is 0 Å². The Morgan fingerprint density at radius 3 is 2.27 bits per heavy atom. The number of benzene rings is 1. The SMILES string of the molecule is CC(CCc1ccccc1)O[Si](C)(C)C. The summed E-state index contributed by atoms with van der Waals surface area (Å²) in [4.78, 5) is 0. The van der Waals surface area contributed by atoms with E-state index < -0.39 is 8.32 Å². The molecule has 0 fully saturated rings. The first-order chi connectivity index (χ1) is 6.97. The zero-order chi connectivity index (χ0) is 11.3. The van der Waals surface area contributed by atoms with Crippen molar-refractivity contribution in [3.63, 3.8) is 0 Å².